The third kappa shape index (κ3) is 3.18. The average Bonchev–Trinajstić information content (AvgIpc) is 2.34. The van der Waals surface area contributed by atoms with E-state index in [1.165, 1.54) is 6.42 Å². The van der Waals surface area contributed by atoms with Crippen LogP contribution in [0.25, 0.3) is 0 Å². The lowest BCUT2D eigenvalue weighted by atomic mass is 9.99. The number of rotatable bonds is 2. The van der Waals surface area contributed by atoms with E-state index >= 15 is 0 Å². The number of carbonyl (C=O) groups excluding carboxylic acids is 1. The zero-order valence-corrected chi connectivity index (χ0v) is 12.0. The first kappa shape index (κ1) is 13.7. The largest absolute Gasteiger partial charge is 0.342 e. The van der Waals surface area contributed by atoms with Crippen LogP contribution in [0.4, 0.5) is 0 Å². The van der Waals surface area contributed by atoms with Crippen molar-refractivity contribution in [2.24, 2.45) is 5.92 Å². The molecule has 1 amide bonds. The van der Waals surface area contributed by atoms with Crippen LogP contribution in [0, 0.1) is 5.92 Å². The summed E-state index contributed by atoms with van der Waals surface area (Å²) >= 11 is 12.2. The molecule has 2 rings (SSSR count). The van der Waals surface area contributed by atoms with Crippen molar-refractivity contribution in [3.05, 3.63) is 33.8 Å². The maximum absolute atomic E-state index is 12.2. The molecule has 2 nitrogen and oxygen atoms in total. The summed E-state index contributed by atoms with van der Waals surface area (Å²) in [7, 11) is 0. The van der Waals surface area contributed by atoms with E-state index in [2.05, 4.69) is 6.92 Å². The van der Waals surface area contributed by atoms with Crippen LogP contribution in [0.2, 0.25) is 10.0 Å². The molecular weight excluding hydrogens is 269 g/mol. The highest BCUT2D eigenvalue weighted by Crippen LogP contribution is 2.26. The van der Waals surface area contributed by atoms with Gasteiger partial charge in [-0.1, -0.05) is 36.2 Å². The quantitative estimate of drug-likeness (QED) is 0.810. The van der Waals surface area contributed by atoms with Gasteiger partial charge in [-0.3, -0.25) is 4.79 Å². The minimum absolute atomic E-state index is 0.122. The number of hydrogen-bond acceptors (Lipinski definition) is 1. The van der Waals surface area contributed by atoms with E-state index in [1.807, 2.05) is 4.90 Å². The van der Waals surface area contributed by atoms with Crippen LogP contribution in [-0.2, 0) is 11.2 Å². The standard InChI is InChI=1S/C14H17Cl2NO/c1-10-4-3-7-17(9-10)14(18)8-11-12(15)5-2-6-13(11)16/h2,5-6,10H,3-4,7-9H2,1H3. The second-order valence-electron chi connectivity index (χ2n) is 4.96. The highest BCUT2D eigenvalue weighted by Gasteiger charge is 2.22. The molecule has 0 spiro atoms. The number of carbonyl (C=O) groups is 1. The Morgan fingerprint density at radius 2 is 2.06 bits per heavy atom. The van der Waals surface area contributed by atoms with E-state index in [-0.39, 0.29) is 5.91 Å². The van der Waals surface area contributed by atoms with Crippen molar-refractivity contribution in [1.29, 1.82) is 0 Å². The van der Waals surface area contributed by atoms with Gasteiger partial charge in [0.1, 0.15) is 0 Å². The van der Waals surface area contributed by atoms with Crippen molar-refractivity contribution >= 4 is 29.1 Å². The maximum atomic E-state index is 12.2. The molecule has 1 unspecified atom stereocenters. The molecule has 1 aromatic rings. The Labute approximate surface area is 118 Å². The van der Waals surface area contributed by atoms with Gasteiger partial charge < -0.3 is 4.90 Å². The van der Waals surface area contributed by atoms with E-state index in [0.29, 0.717) is 22.4 Å². The summed E-state index contributed by atoms with van der Waals surface area (Å²) in [5.41, 5.74) is 0.740. The summed E-state index contributed by atoms with van der Waals surface area (Å²) in [6.45, 7) is 3.88. The van der Waals surface area contributed by atoms with Gasteiger partial charge in [0.2, 0.25) is 5.91 Å². The Morgan fingerprint density at radius 3 is 2.67 bits per heavy atom. The molecule has 0 saturated carbocycles. The molecule has 4 heteroatoms. The van der Waals surface area contributed by atoms with Crippen molar-refractivity contribution in [2.75, 3.05) is 13.1 Å². The number of amides is 1. The summed E-state index contributed by atoms with van der Waals surface area (Å²) in [6, 6.07) is 5.34. The van der Waals surface area contributed by atoms with Crippen LogP contribution in [0.5, 0.6) is 0 Å². The third-order valence-electron chi connectivity index (χ3n) is 3.40. The van der Waals surface area contributed by atoms with Gasteiger partial charge in [-0.25, -0.2) is 0 Å². The van der Waals surface area contributed by atoms with E-state index in [0.717, 1.165) is 25.1 Å². The van der Waals surface area contributed by atoms with Gasteiger partial charge in [0.05, 0.1) is 6.42 Å². The first-order valence-electron chi connectivity index (χ1n) is 6.28. The Balaban J connectivity index is 2.07. The van der Waals surface area contributed by atoms with Gasteiger partial charge in [0.15, 0.2) is 0 Å². The zero-order chi connectivity index (χ0) is 13.1. The average molecular weight is 286 g/mol. The summed E-state index contributed by atoms with van der Waals surface area (Å²) in [6.07, 6.45) is 2.59. The number of piperidine rings is 1. The van der Waals surface area contributed by atoms with Gasteiger partial charge in [0.25, 0.3) is 0 Å². The van der Waals surface area contributed by atoms with Crippen molar-refractivity contribution in [3.8, 4) is 0 Å². The number of halogens is 2. The van der Waals surface area contributed by atoms with E-state index < -0.39 is 0 Å². The van der Waals surface area contributed by atoms with Crippen LogP contribution < -0.4 is 0 Å². The molecule has 98 valence electrons. The molecule has 1 atom stereocenters. The molecule has 0 aromatic heterocycles. The third-order valence-corrected chi connectivity index (χ3v) is 4.11. The predicted molar refractivity (Wildman–Crippen MR) is 75.1 cm³/mol. The monoisotopic (exact) mass is 285 g/mol. The predicted octanol–water partition coefficient (Wildman–Crippen LogP) is 3.79. The molecule has 0 N–H and O–H groups in total. The molecule has 1 aromatic carbocycles. The second-order valence-corrected chi connectivity index (χ2v) is 5.78. The summed E-state index contributed by atoms with van der Waals surface area (Å²) in [5.74, 6) is 0.709. The highest BCUT2D eigenvalue weighted by atomic mass is 35.5. The lowest BCUT2D eigenvalue weighted by Gasteiger charge is -2.31. The fraction of sp³-hybridized carbons (Fsp3) is 0.500. The SMILES string of the molecule is CC1CCCN(C(=O)Cc2c(Cl)cccc2Cl)C1. The fourth-order valence-electron chi connectivity index (χ4n) is 2.38. The zero-order valence-electron chi connectivity index (χ0n) is 10.5. The second kappa shape index (κ2) is 5.94. The van der Waals surface area contributed by atoms with Gasteiger partial charge in [0, 0.05) is 23.1 Å². The normalized spacial score (nSPS) is 19.9. The van der Waals surface area contributed by atoms with E-state index in [4.69, 9.17) is 23.2 Å². The van der Waals surface area contributed by atoms with Crippen LogP contribution in [0.15, 0.2) is 18.2 Å². The molecule has 1 heterocycles. The van der Waals surface area contributed by atoms with Gasteiger partial charge >= 0.3 is 0 Å². The maximum Gasteiger partial charge on any atom is 0.227 e. The highest BCUT2D eigenvalue weighted by molar-refractivity contribution is 6.36. The molecule has 1 saturated heterocycles. The number of nitrogens with zero attached hydrogens (tertiary/aromatic N) is 1. The molecule has 1 aliphatic heterocycles. The van der Waals surface area contributed by atoms with Crippen LogP contribution >= 0.6 is 23.2 Å². The Morgan fingerprint density at radius 1 is 1.39 bits per heavy atom. The number of likely N-dealkylation sites (tertiary alicyclic amines) is 1. The summed E-state index contributed by atoms with van der Waals surface area (Å²) in [4.78, 5) is 14.2. The van der Waals surface area contributed by atoms with Gasteiger partial charge in [-0.15, -0.1) is 0 Å². The molecule has 0 aliphatic carbocycles. The molecule has 18 heavy (non-hydrogen) atoms. The van der Waals surface area contributed by atoms with Crippen molar-refractivity contribution in [3.63, 3.8) is 0 Å². The van der Waals surface area contributed by atoms with Gasteiger partial charge in [-0.2, -0.15) is 0 Å². The molecule has 1 aliphatic rings. The first-order valence-corrected chi connectivity index (χ1v) is 7.04. The van der Waals surface area contributed by atoms with E-state index in [1.54, 1.807) is 18.2 Å². The molecule has 0 radical (unpaired) electrons. The van der Waals surface area contributed by atoms with Gasteiger partial charge in [-0.05, 0) is 36.5 Å². The van der Waals surface area contributed by atoms with Crippen molar-refractivity contribution in [1.82, 2.24) is 4.90 Å². The first-order chi connectivity index (χ1) is 8.58. The Kier molecular flexibility index (Phi) is 4.52. The summed E-state index contributed by atoms with van der Waals surface area (Å²) < 4.78 is 0. The lowest BCUT2D eigenvalue weighted by molar-refractivity contribution is -0.132. The smallest absolute Gasteiger partial charge is 0.227 e. The van der Waals surface area contributed by atoms with E-state index in [9.17, 15) is 4.79 Å². The molecule has 0 bridgehead atoms. The minimum atomic E-state index is 0.122. The topological polar surface area (TPSA) is 20.3 Å². The van der Waals surface area contributed by atoms with Crippen LogP contribution in [-0.4, -0.2) is 23.9 Å². The number of benzene rings is 1. The van der Waals surface area contributed by atoms with Crippen LogP contribution in [0.3, 0.4) is 0 Å². The molecule has 1 fully saturated rings. The fourth-order valence-corrected chi connectivity index (χ4v) is 2.91. The number of hydrogen-bond donors (Lipinski definition) is 0. The summed E-state index contributed by atoms with van der Waals surface area (Å²) in [5, 5.41) is 1.14. The van der Waals surface area contributed by atoms with Crippen molar-refractivity contribution < 1.29 is 4.79 Å². The molecular formula is C14H17Cl2NO. The van der Waals surface area contributed by atoms with Crippen LogP contribution in [0.1, 0.15) is 25.3 Å². The Hall–Kier alpha value is -0.730. The van der Waals surface area contributed by atoms with Crippen molar-refractivity contribution in [2.45, 2.75) is 26.2 Å². The lowest BCUT2D eigenvalue weighted by Crippen LogP contribution is -2.40. The Bertz CT molecular complexity index is 427. The minimum Gasteiger partial charge on any atom is -0.342 e.